The van der Waals surface area contributed by atoms with Gasteiger partial charge in [0.05, 0.1) is 19.6 Å². The maximum Gasteiger partial charge on any atom is 0.387 e. The lowest BCUT2D eigenvalue weighted by atomic mass is 10.1. The number of rotatable bonds is 9. The number of ether oxygens (including phenoxy) is 2. The van der Waals surface area contributed by atoms with E-state index >= 15 is 0 Å². The molecule has 0 heterocycles. The van der Waals surface area contributed by atoms with Crippen LogP contribution >= 0.6 is 0 Å². The monoisotopic (exact) mass is 378 g/mol. The number of likely N-dealkylation sites (N-methyl/N-ethyl adjacent to an activating group) is 1. The van der Waals surface area contributed by atoms with E-state index in [-0.39, 0.29) is 24.1 Å². The Bertz CT molecular complexity index is 719. The zero-order valence-corrected chi connectivity index (χ0v) is 15.6. The summed E-state index contributed by atoms with van der Waals surface area (Å²) in [5.74, 6) is 0.707. The molecule has 1 unspecified atom stereocenters. The fraction of sp³-hybridized carbons (Fsp3) is 0.350. The van der Waals surface area contributed by atoms with E-state index in [9.17, 15) is 13.6 Å². The number of nitrogens with zero attached hydrogens (tertiary/aromatic N) is 1. The first-order valence-corrected chi connectivity index (χ1v) is 8.50. The van der Waals surface area contributed by atoms with Gasteiger partial charge in [0.25, 0.3) is 0 Å². The molecule has 0 spiro atoms. The summed E-state index contributed by atoms with van der Waals surface area (Å²) in [6.45, 7) is -2.41. The van der Waals surface area contributed by atoms with Crippen LogP contribution in [0.1, 0.15) is 17.2 Å². The minimum atomic E-state index is -2.86. The van der Waals surface area contributed by atoms with Crippen LogP contribution in [0.15, 0.2) is 48.5 Å². The molecular formula is C20H24F2N2O3. The molecule has 0 aliphatic heterocycles. The standard InChI is InChI=1S/C20H24F2N2O3/c1-24(2)18(15-6-10-16(26-3)11-7-15)13-23-19(25)12-14-4-8-17(9-5-14)27-20(21)22/h4-11,18,20H,12-13H2,1-3H3,(H,23,25). The van der Waals surface area contributed by atoms with Crippen molar-refractivity contribution in [2.45, 2.75) is 19.1 Å². The predicted octanol–water partition coefficient (Wildman–Crippen LogP) is 3.26. The predicted molar refractivity (Wildman–Crippen MR) is 99.2 cm³/mol. The molecule has 1 N–H and O–H groups in total. The fourth-order valence-electron chi connectivity index (χ4n) is 2.67. The van der Waals surface area contributed by atoms with Crippen molar-refractivity contribution in [2.75, 3.05) is 27.7 Å². The highest BCUT2D eigenvalue weighted by atomic mass is 19.3. The fourth-order valence-corrected chi connectivity index (χ4v) is 2.67. The minimum Gasteiger partial charge on any atom is -0.497 e. The minimum absolute atomic E-state index is 0.0154. The van der Waals surface area contributed by atoms with E-state index in [0.29, 0.717) is 6.54 Å². The van der Waals surface area contributed by atoms with Gasteiger partial charge in [0.1, 0.15) is 11.5 Å². The summed E-state index contributed by atoms with van der Waals surface area (Å²) in [5, 5.41) is 2.92. The lowest BCUT2D eigenvalue weighted by Crippen LogP contribution is -2.35. The number of carbonyl (C=O) groups excluding carboxylic acids is 1. The van der Waals surface area contributed by atoms with E-state index in [0.717, 1.165) is 16.9 Å². The first kappa shape index (κ1) is 20.6. The van der Waals surface area contributed by atoms with Gasteiger partial charge in [-0.1, -0.05) is 24.3 Å². The van der Waals surface area contributed by atoms with E-state index in [4.69, 9.17) is 4.74 Å². The highest BCUT2D eigenvalue weighted by molar-refractivity contribution is 5.78. The second-order valence-corrected chi connectivity index (χ2v) is 6.26. The van der Waals surface area contributed by atoms with Gasteiger partial charge >= 0.3 is 6.61 Å². The largest absolute Gasteiger partial charge is 0.497 e. The van der Waals surface area contributed by atoms with Crippen molar-refractivity contribution in [1.29, 1.82) is 0 Å². The molecule has 0 fully saturated rings. The summed E-state index contributed by atoms with van der Waals surface area (Å²) >= 11 is 0. The highest BCUT2D eigenvalue weighted by Crippen LogP contribution is 2.21. The molecule has 7 heteroatoms. The molecular weight excluding hydrogens is 354 g/mol. The molecule has 2 rings (SSSR count). The molecule has 2 aromatic rings. The molecule has 2 aromatic carbocycles. The molecule has 1 amide bonds. The molecule has 1 atom stereocenters. The maximum absolute atomic E-state index is 12.2. The normalized spacial score (nSPS) is 12.1. The number of hydrogen-bond acceptors (Lipinski definition) is 4. The topological polar surface area (TPSA) is 50.8 Å². The Balaban J connectivity index is 1.91. The van der Waals surface area contributed by atoms with Crippen molar-refractivity contribution in [3.05, 3.63) is 59.7 Å². The van der Waals surface area contributed by atoms with Crippen molar-refractivity contribution < 1.29 is 23.0 Å². The summed E-state index contributed by atoms with van der Waals surface area (Å²) in [7, 11) is 5.51. The first-order chi connectivity index (χ1) is 12.9. The third-order valence-corrected chi connectivity index (χ3v) is 4.13. The van der Waals surface area contributed by atoms with Crippen LogP contribution in [0.3, 0.4) is 0 Å². The molecule has 146 valence electrons. The Kier molecular flexibility index (Phi) is 7.55. The van der Waals surface area contributed by atoms with Crippen molar-refractivity contribution in [3.8, 4) is 11.5 Å². The number of benzene rings is 2. The zero-order chi connectivity index (χ0) is 19.8. The second kappa shape index (κ2) is 9.87. The Labute approximate surface area is 157 Å². The molecule has 0 saturated heterocycles. The zero-order valence-electron chi connectivity index (χ0n) is 15.6. The van der Waals surface area contributed by atoms with E-state index in [1.807, 2.05) is 43.3 Å². The van der Waals surface area contributed by atoms with Gasteiger partial charge in [-0.3, -0.25) is 4.79 Å². The summed E-state index contributed by atoms with van der Waals surface area (Å²) in [6.07, 6.45) is 0.164. The van der Waals surface area contributed by atoms with Crippen LogP contribution < -0.4 is 14.8 Å². The van der Waals surface area contributed by atoms with E-state index in [1.54, 1.807) is 19.2 Å². The highest BCUT2D eigenvalue weighted by Gasteiger charge is 2.15. The summed E-state index contributed by atoms with van der Waals surface area (Å²) in [4.78, 5) is 14.3. The summed E-state index contributed by atoms with van der Waals surface area (Å²) in [5.41, 5.74) is 1.79. The van der Waals surface area contributed by atoms with Crippen molar-refractivity contribution in [1.82, 2.24) is 10.2 Å². The van der Waals surface area contributed by atoms with Gasteiger partial charge in [-0.25, -0.2) is 0 Å². The van der Waals surface area contributed by atoms with Crippen LogP contribution in [0.25, 0.3) is 0 Å². The molecule has 0 aromatic heterocycles. The summed E-state index contributed by atoms with van der Waals surface area (Å²) < 4.78 is 33.8. The number of alkyl halides is 2. The van der Waals surface area contributed by atoms with Gasteiger partial charge in [-0.05, 0) is 49.5 Å². The Morgan fingerprint density at radius 2 is 1.63 bits per heavy atom. The van der Waals surface area contributed by atoms with Gasteiger partial charge in [-0.2, -0.15) is 8.78 Å². The second-order valence-electron chi connectivity index (χ2n) is 6.26. The van der Waals surface area contributed by atoms with Crippen LogP contribution in [0, 0.1) is 0 Å². The third-order valence-electron chi connectivity index (χ3n) is 4.13. The smallest absolute Gasteiger partial charge is 0.387 e. The number of amides is 1. The molecule has 27 heavy (non-hydrogen) atoms. The average molecular weight is 378 g/mol. The lowest BCUT2D eigenvalue weighted by Gasteiger charge is -2.25. The lowest BCUT2D eigenvalue weighted by molar-refractivity contribution is -0.120. The Hall–Kier alpha value is -2.67. The van der Waals surface area contributed by atoms with E-state index < -0.39 is 6.61 Å². The SMILES string of the molecule is COc1ccc(C(CNC(=O)Cc2ccc(OC(F)F)cc2)N(C)C)cc1. The molecule has 5 nitrogen and oxygen atoms in total. The van der Waals surface area contributed by atoms with Crippen LogP contribution in [0.2, 0.25) is 0 Å². The van der Waals surface area contributed by atoms with Gasteiger partial charge < -0.3 is 19.7 Å². The number of methoxy groups -OCH3 is 1. The van der Waals surface area contributed by atoms with Crippen LogP contribution in [0.4, 0.5) is 8.78 Å². The maximum atomic E-state index is 12.2. The van der Waals surface area contributed by atoms with Gasteiger partial charge in [0.2, 0.25) is 5.91 Å². The van der Waals surface area contributed by atoms with Crippen molar-refractivity contribution in [2.24, 2.45) is 0 Å². The number of hydrogen-bond donors (Lipinski definition) is 1. The number of halogens is 2. The van der Waals surface area contributed by atoms with Gasteiger partial charge in [0.15, 0.2) is 0 Å². The van der Waals surface area contributed by atoms with Crippen LogP contribution in [-0.2, 0) is 11.2 Å². The van der Waals surface area contributed by atoms with Crippen LogP contribution in [0.5, 0.6) is 11.5 Å². The number of carbonyl (C=O) groups is 1. The van der Waals surface area contributed by atoms with Gasteiger partial charge in [0, 0.05) is 6.54 Å². The molecule has 0 bridgehead atoms. The third kappa shape index (κ3) is 6.53. The number of nitrogens with one attached hydrogen (secondary N) is 1. The summed E-state index contributed by atoms with van der Waals surface area (Å²) in [6, 6.07) is 13.8. The van der Waals surface area contributed by atoms with Crippen molar-refractivity contribution in [3.63, 3.8) is 0 Å². The Morgan fingerprint density at radius 1 is 1.04 bits per heavy atom. The molecule has 0 saturated carbocycles. The average Bonchev–Trinajstić information content (AvgIpc) is 2.63. The van der Waals surface area contributed by atoms with E-state index in [1.165, 1.54) is 12.1 Å². The first-order valence-electron chi connectivity index (χ1n) is 8.50. The molecule has 0 aliphatic rings. The van der Waals surface area contributed by atoms with E-state index in [2.05, 4.69) is 10.1 Å². The van der Waals surface area contributed by atoms with Gasteiger partial charge in [-0.15, -0.1) is 0 Å². The van der Waals surface area contributed by atoms with Crippen molar-refractivity contribution >= 4 is 5.91 Å². The van der Waals surface area contributed by atoms with Crippen LogP contribution in [-0.4, -0.2) is 45.2 Å². The molecule has 0 aliphatic carbocycles. The quantitative estimate of drug-likeness (QED) is 0.728. The Morgan fingerprint density at radius 3 is 2.15 bits per heavy atom. The molecule has 0 radical (unpaired) electrons.